The van der Waals surface area contributed by atoms with Crippen molar-refractivity contribution < 1.29 is 9.90 Å². The first kappa shape index (κ1) is 19.0. The zero-order valence-electron chi connectivity index (χ0n) is 15.7. The highest BCUT2D eigenvalue weighted by Crippen LogP contribution is 2.31. The van der Waals surface area contributed by atoms with Crippen molar-refractivity contribution in [2.24, 2.45) is 0 Å². The number of amides is 1. The minimum Gasteiger partial charge on any atom is -0.392 e. The zero-order chi connectivity index (χ0) is 19.3. The largest absolute Gasteiger partial charge is 0.392 e. The van der Waals surface area contributed by atoms with Gasteiger partial charge in [0.15, 0.2) is 0 Å². The van der Waals surface area contributed by atoms with Crippen LogP contribution in [0.5, 0.6) is 0 Å². The molecule has 28 heavy (non-hydrogen) atoms. The smallest absolute Gasteiger partial charge is 0.297 e. The number of carbonyl (C=O) groups excluding carboxylic acids is 1. The highest BCUT2D eigenvalue weighted by Gasteiger charge is 2.32. The van der Waals surface area contributed by atoms with E-state index in [-0.39, 0.29) is 17.2 Å². The fourth-order valence-electron chi connectivity index (χ4n) is 3.52. The molecule has 1 amide bonds. The van der Waals surface area contributed by atoms with Crippen LogP contribution in [0.15, 0.2) is 77.9 Å². The van der Waals surface area contributed by atoms with Crippen LogP contribution in [0.2, 0.25) is 0 Å². The van der Waals surface area contributed by atoms with Crippen LogP contribution in [-0.2, 0) is 6.42 Å². The van der Waals surface area contributed by atoms with E-state index in [9.17, 15) is 9.90 Å². The number of hydrogen-bond acceptors (Lipinski definition) is 4. The SMILES string of the molecule is O=C1SC(C2=CCCC(CO)=C2)NN1CCc1ccc(-c2ccccc2)cc1. The molecule has 1 aliphatic carbocycles. The molecule has 0 spiro atoms. The van der Waals surface area contributed by atoms with Crippen molar-refractivity contribution >= 4 is 17.0 Å². The summed E-state index contributed by atoms with van der Waals surface area (Å²) in [6, 6.07) is 18.9. The van der Waals surface area contributed by atoms with Gasteiger partial charge in [0.05, 0.1) is 6.61 Å². The Bertz CT molecular complexity index is 891. The number of nitrogens with zero attached hydrogens (tertiary/aromatic N) is 1. The van der Waals surface area contributed by atoms with Gasteiger partial charge in [-0.15, -0.1) is 0 Å². The second-order valence-corrected chi connectivity index (χ2v) is 8.12. The van der Waals surface area contributed by atoms with Gasteiger partial charge in [0, 0.05) is 6.54 Å². The van der Waals surface area contributed by atoms with Gasteiger partial charge in [-0.05, 0) is 58.9 Å². The molecule has 2 N–H and O–H groups in total. The number of benzene rings is 2. The highest BCUT2D eigenvalue weighted by molar-refractivity contribution is 8.14. The summed E-state index contributed by atoms with van der Waals surface area (Å²) in [5, 5.41) is 11.1. The van der Waals surface area contributed by atoms with Gasteiger partial charge in [0.25, 0.3) is 5.24 Å². The van der Waals surface area contributed by atoms with Crippen molar-refractivity contribution in [2.75, 3.05) is 13.2 Å². The number of allylic oxidation sites excluding steroid dienone is 1. The van der Waals surface area contributed by atoms with Crippen molar-refractivity contribution in [3.05, 3.63) is 83.5 Å². The van der Waals surface area contributed by atoms with E-state index in [4.69, 9.17) is 0 Å². The molecular formula is C23H24N2O2S. The summed E-state index contributed by atoms with van der Waals surface area (Å²) in [6.45, 7) is 0.724. The van der Waals surface area contributed by atoms with E-state index in [1.807, 2.05) is 24.3 Å². The molecule has 5 heteroatoms. The molecule has 2 aliphatic rings. The molecule has 4 nitrogen and oxygen atoms in total. The Balaban J connectivity index is 1.34. The van der Waals surface area contributed by atoms with Crippen LogP contribution in [0.1, 0.15) is 18.4 Å². The van der Waals surface area contributed by atoms with E-state index < -0.39 is 0 Å². The van der Waals surface area contributed by atoms with E-state index in [1.165, 1.54) is 28.5 Å². The van der Waals surface area contributed by atoms with E-state index >= 15 is 0 Å². The van der Waals surface area contributed by atoms with Crippen LogP contribution in [-0.4, -0.2) is 33.9 Å². The molecule has 0 bridgehead atoms. The fraction of sp³-hybridized carbons (Fsp3) is 0.261. The lowest BCUT2D eigenvalue weighted by atomic mass is 10.00. The van der Waals surface area contributed by atoms with Crippen molar-refractivity contribution in [1.82, 2.24) is 10.4 Å². The first-order chi connectivity index (χ1) is 13.7. The van der Waals surface area contributed by atoms with Gasteiger partial charge in [-0.3, -0.25) is 9.80 Å². The number of aliphatic hydroxyl groups excluding tert-OH is 1. The minimum atomic E-state index is -0.0604. The molecule has 2 aromatic carbocycles. The predicted octanol–water partition coefficient (Wildman–Crippen LogP) is 4.53. The molecule has 4 rings (SSSR count). The molecule has 1 saturated heterocycles. The van der Waals surface area contributed by atoms with E-state index in [2.05, 4.69) is 47.9 Å². The van der Waals surface area contributed by atoms with Crippen molar-refractivity contribution in [3.63, 3.8) is 0 Å². The van der Waals surface area contributed by atoms with Gasteiger partial charge in [-0.1, -0.05) is 66.7 Å². The van der Waals surface area contributed by atoms with Gasteiger partial charge >= 0.3 is 0 Å². The molecule has 2 aromatic rings. The standard InChI is InChI=1S/C23H24N2O2S/c26-16-18-5-4-8-21(15-18)22-24-25(23(27)28-22)14-13-17-9-11-20(12-10-17)19-6-2-1-3-7-19/h1-3,6-12,15,22,24,26H,4-5,13-14,16H2. The summed E-state index contributed by atoms with van der Waals surface area (Å²) in [5.41, 5.74) is 9.05. The maximum atomic E-state index is 12.4. The third-order valence-electron chi connectivity index (χ3n) is 5.12. The van der Waals surface area contributed by atoms with Gasteiger partial charge in [0.1, 0.15) is 5.37 Å². The molecule has 1 atom stereocenters. The minimum absolute atomic E-state index is 0.0522. The topological polar surface area (TPSA) is 52.6 Å². The average molecular weight is 393 g/mol. The predicted molar refractivity (Wildman–Crippen MR) is 115 cm³/mol. The Morgan fingerprint density at radius 3 is 2.57 bits per heavy atom. The number of nitrogens with one attached hydrogen (secondary N) is 1. The summed E-state index contributed by atoms with van der Waals surface area (Å²) in [5.74, 6) is 0. The van der Waals surface area contributed by atoms with E-state index in [0.717, 1.165) is 30.4 Å². The molecule has 1 heterocycles. The van der Waals surface area contributed by atoms with E-state index in [1.54, 1.807) is 5.01 Å². The van der Waals surface area contributed by atoms with Crippen LogP contribution in [0, 0.1) is 0 Å². The maximum absolute atomic E-state index is 12.4. The van der Waals surface area contributed by atoms with Gasteiger partial charge in [-0.2, -0.15) is 0 Å². The van der Waals surface area contributed by atoms with Crippen LogP contribution in [0.4, 0.5) is 4.79 Å². The first-order valence-electron chi connectivity index (χ1n) is 9.62. The highest BCUT2D eigenvalue weighted by atomic mass is 32.2. The second kappa shape index (κ2) is 8.78. The van der Waals surface area contributed by atoms with Crippen LogP contribution in [0.25, 0.3) is 11.1 Å². The number of aliphatic hydroxyl groups is 1. The summed E-state index contributed by atoms with van der Waals surface area (Å²) < 4.78 is 0. The number of hydrazine groups is 1. The summed E-state index contributed by atoms with van der Waals surface area (Å²) in [6.07, 6.45) is 6.80. The fourth-order valence-corrected chi connectivity index (χ4v) is 4.47. The Labute approximate surface area is 169 Å². The Kier molecular flexibility index (Phi) is 5.95. The lowest BCUT2D eigenvalue weighted by Crippen LogP contribution is -2.39. The van der Waals surface area contributed by atoms with Gasteiger partial charge in [-0.25, -0.2) is 5.43 Å². The number of hydrogen-bond donors (Lipinski definition) is 2. The summed E-state index contributed by atoms with van der Waals surface area (Å²) in [7, 11) is 0. The van der Waals surface area contributed by atoms with Crippen LogP contribution >= 0.6 is 11.8 Å². The van der Waals surface area contributed by atoms with E-state index in [0.29, 0.717) is 6.54 Å². The lowest BCUT2D eigenvalue weighted by molar-refractivity contribution is 0.204. The van der Waals surface area contributed by atoms with Crippen molar-refractivity contribution in [3.8, 4) is 11.1 Å². The Hall–Kier alpha value is -2.34. The molecule has 144 valence electrons. The third-order valence-corrected chi connectivity index (χ3v) is 6.15. The number of rotatable bonds is 6. The second-order valence-electron chi connectivity index (χ2n) is 7.06. The Morgan fingerprint density at radius 2 is 1.82 bits per heavy atom. The molecule has 1 aliphatic heterocycles. The molecule has 0 aromatic heterocycles. The Morgan fingerprint density at radius 1 is 1.07 bits per heavy atom. The molecule has 1 unspecified atom stereocenters. The maximum Gasteiger partial charge on any atom is 0.297 e. The quantitative estimate of drug-likeness (QED) is 0.758. The average Bonchev–Trinajstić information content (AvgIpc) is 3.14. The van der Waals surface area contributed by atoms with Crippen LogP contribution < -0.4 is 5.43 Å². The molecule has 1 fully saturated rings. The molecule has 0 radical (unpaired) electrons. The normalized spacial score (nSPS) is 19.5. The van der Waals surface area contributed by atoms with Crippen LogP contribution in [0.3, 0.4) is 0 Å². The van der Waals surface area contributed by atoms with Gasteiger partial charge < -0.3 is 5.11 Å². The molecular weight excluding hydrogens is 368 g/mol. The van der Waals surface area contributed by atoms with Crippen molar-refractivity contribution in [1.29, 1.82) is 0 Å². The summed E-state index contributed by atoms with van der Waals surface area (Å²) >= 11 is 1.31. The zero-order valence-corrected chi connectivity index (χ0v) is 16.5. The van der Waals surface area contributed by atoms with Gasteiger partial charge in [0.2, 0.25) is 0 Å². The summed E-state index contributed by atoms with van der Waals surface area (Å²) in [4.78, 5) is 12.4. The number of thioether (sulfide) groups is 1. The monoisotopic (exact) mass is 392 g/mol. The van der Waals surface area contributed by atoms with Crippen molar-refractivity contribution in [2.45, 2.75) is 24.6 Å². The first-order valence-corrected chi connectivity index (χ1v) is 10.5. The third kappa shape index (κ3) is 4.38. The molecule has 0 saturated carbocycles. The number of carbonyl (C=O) groups is 1. The lowest BCUT2D eigenvalue weighted by Gasteiger charge is -2.19.